The first kappa shape index (κ1) is 31.8. The zero-order valence-corrected chi connectivity index (χ0v) is 23.0. The van der Waals surface area contributed by atoms with Crippen LogP contribution >= 0.6 is 0 Å². The van der Waals surface area contributed by atoms with Crippen molar-refractivity contribution in [1.29, 1.82) is 0 Å². The number of benzene rings is 3. The molecule has 8 N–H and O–H groups in total. The van der Waals surface area contributed by atoms with E-state index in [-0.39, 0.29) is 6.61 Å². The molecule has 0 aromatic heterocycles. The monoisotopic (exact) mass is 575 g/mol. The summed E-state index contributed by atoms with van der Waals surface area (Å²) < 4.78 is 47.8. The fourth-order valence-corrected chi connectivity index (χ4v) is 4.52. The van der Waals surface area contributed by atoms with Crippen LogP contribution in [-0.2, 0) is 9.59 Å². The van der Waals surface area contributed by atoms with Gasteiger partial charge in [0.05, 0.1) is 38.4 Å². The van der Waals surface area contributed by atoms with Crippen molar-refractivity contribution in [2.24, 2.45) is 17.2 Å². The number of quaternary nitrogens is 1. The summed E-state index contributed by atoms with van der Waals surface area (Å²) in [5.74, 6) is -5.78. The van der Waals surface area contributed by atoms with Crippen LogP contribution in [0.5, 0.6) is 5.75 Å². The van der Waals surface area contributed by atoms with Crippen molar-refractivity contribution >= 4 is 28.3 Å². The molecule has 2 unspecified atom stereocenters. The average Bonchev–Trinajstić information content (AvgIpc) is 2.95. The summed E-state index contributed by atoms with van der Waals surface area (Å²) in [6, 6.07) is 12.2. The largest absolute Gasteiger partial charge is 0.491 e. The maximum Gasteiger partial charge on any atom is 0.250 e. The molecule has 0 heterocycles. The van der Waals surface area contributed by atoms with E-state index in [0.717, 1.165) is 29.9 Å². The second-order valence-electron chi connectivity index (χ2n) is 10.2. The molecule has 41 heavy (non-hydrogen) atoms. The molecular weight excluding hydrogens is 537 g/mol. The lowest BCUT2D eigenvalue weighted by Gasteiger charge is -2.34. The number of likely N-dealkylation sites (N-methyl/N-ethyl adjacent to an activating group) is 1. The van der Waals surface area contributed by atoms with Crippen molar-refractivity contribution < 1.29 is 32.0 Å². The number of carbonyl (C=O) groups is 2. The van der Waals surface area contributed by atoms with Crippen LogP contribution in [0.15, 0.2) is 54.6 Å². The molecular formula is C29H38F3N6O3+. The van der Waals surface area contributed by atoms with E-state index in [1.165, 1.54) is 0 Å². The molecule has 0 aliphatic carbocycles. The van der Waals surface area contributed by atoms with Gasteiger partial charge in [0.25, 0.3) is 5.91 Å². The molecule has 3 aromatic carbocycles. The van der Waals surface area contributed by atoms with Gasteiger partial charge in [0.1, 0.15) is 18.4 Å². The molecule has 3 rings (SSSR count). The van der Waals surface area contributed by atoms with Crippen LogP contribution in [0.4, 0.5) is 18.9 Å². The van der Waals surface area contributed by atoms with Crippen LogP contribution in [0.3, 0.4) is 0 Å². The van der Waals surface area contributed by atoms with Crippen molar-refractivity contribution in [3.63, 3.8) is 0 Å². The van der Waals surface area contributed by atoms with E-state index in [1.807, 2.05) is 37.4 Å². The number of carbonyl (C=O) groups excluding carboxylic acids is 2. The highest BCUT2D eigenvalue weighted by Gasteiger charge is 2.27. The maximum absolute atomic E-state index is 14.2. The van der Waals surface area contributed by atoms with Crippen molar-refractivity contribution in [2.45, 2.75) is 24.9 Å². The summed E-state index contributed by atoms with van der Waals surface area (Å²) in [5, 5.41) is 6.63. The predicted molar refractivity (Wildman–Crippen MR) is 152 cm³/mol. The molecule has 9 nitrogen and oxygen atoms in total. The molecule has 2 atom stereocenters. The minimum Gasteiger partial charge on any atom is -0.491 e. The third kappa shape index (κ3) is 8.89. The number of rotatable bonds is 15. The summed E-state index contributed by atoms with van der Waals surface area (Å²) in [7, 11) is 2.03. The van der Waals surface area contributed by atoms with Crippen LogP contribution < -0.4 is 32.6 Å². The number of ether oxygens (including phenoxy) is 1. The normalized spacial score (nSPS) is 13.0. The van der Waals surface area contributed by atoms with E-state index in [9.17, 15) is 22.8 Å². The zero-order valence-electron chi connectivity index (χ0n) is 23.0. The number of hydrogen-bond donors (Lipinski definition) is 5. The first-order chi connectivity index (χ1) is 19.6. The van der Waals surface area contributed by atoms with Crippen molar-refractivity contribution in [3.8, 4) is 5.75 Å². The highest BCUT2D eigenvalue weighted by Crippen LogP contribution is 2.22. The van der Waals surface area contributed by atoms with Gasteiger partial charge >= 0.3 is 0 Å². The van der Waals surface area contributed by atoms with Gasteiger partial charge < -0.3 is 37.1 Å². The quantitative estimate of drug-likeness (QED) is 0.139. The molecule has 0 radical (unpaired) electrons. The van der Waals surface area contributed by atoms with Crippen LogP contribution in [0.25, 0.3) is 10.8 Å². The summed E-state index contributed by atoms with van der Waals surface area (Å²) in [5.41, 5.74) is 17.0. The van der Waals surface area contributed by atoms with Gasteiger partial charge in [0, 0.05) is 13.1 Å². The van der Waals surface area contributed by atoms with Gasteiger partial charge in [0.15, 0.2) is 17.5 Å². The van der Waals surface area contributed by atoms with Crippen molar-refractivity contribution in [1.82, 2.24) is 5.32 Å². The zero-order chi connectivity index (χ0) is 30.0. The van der Waals surface area contributed by atoms with Crippen LogP contribution in [0, 0.1) is 17.5 Å². The van der Waals surface area contributed by atoms with Gasteiger partial charge in [-0.2, -0.15) is 0 Å². The Morgan fingerprint density at radius 1 is 0.902 bits per heavy atom. The number of anilines is 1. The molecule has 0 saturated heterocycles. The van der Waals surface area contributed by atoms with Gasteiger partial charge in [-0.25, -0.2) is 13.2 Å². The van der Waals surface area contributed by atoms with Crippen LogP contribution in [-0.4, -0.2) is 74.8 Å². The number of halogens is 3. The molecule has 2 amide bonds. The predicted octanol–water partition coefficient (Wildman–Crippen LogP) is 2.23. The van der Waals surface area contributed by atoms with Crippen molar-refractivity contribution in [2.75, 3.05) is 51.7 Å². The lowest BCUT2D eigenvalue weighted by molar-refractivity contribution is -0.907. The van der Waals surface area contributed by atoms with Crippen LogP contribution in [0.1, 0.15) is 12.8 Å². The Balaban J connectivity index is 1.70. The summed E-state index contributed by atoms with van der Waals surface area (Å²) in [6.45, 7) is 2.82. The first-order valence-corrected chi connectivity index (χ1v) is 13.4. The fourth-order valence-electron chi connectivity index (χ4n) is 4.52. The lowest BCUT2D eigenvalue weighted by atomic mass is 10.1. The Bertz CT molecular complexity index is 1340. The molecule has 0 fully saturated rings. The second-order valence-corrected chi connectivity index (χ2v) is 10.2. The van der Waals surface area contributed by atoms with E-state index in [4.69, 9.17) is 21.9 Å². The third-order valence-electron chi connectivity index (χ3n) is 6.95. The van der Waals surface area contributed by atoms with Gasteiger partial charge in [-0.15, -0.1) is 0 Å². The van der Waals surface area contributed by atoms with Crippen LogP contribution in [0.2, 0.25) is 0 Å². The number of fused-ring (bicyclic) bond motifs is 1. The number of hydrogen-bond acceptors (Lipinski definition) is 6. The smallest absolute Gasteiger partial charge is 0.250 e. The molecule has 0 aliphatic rings. The standard InChI is InChI=1S/C29H37F3N6O3/c1-38(15-12-33,16-13-34)14-4-7-23(35)28(39)37-25(29(40)36-24-11-10-22(30)26(31)27(24)32)18-41-21-9-8-19-5-2-3-6-20(19)17-21/h2-3,5-6,8-11,17,23,25H,4,7,12-16,18,33-35H2,1H3,(H-,36,37,39,40)/p+1. The second kappa shape index (κ2) is 14.8. The molecule has 12 heteroatoms. The number of nitrogens with one attached hydrogen (secondary N) is 2. The minimum absolute atomic E-state index is 0.326. The van der Waals surface area contributed by atoms with E-state index >= 15 is 0 Å². The van der Waals surface area contributed by atoms with Gasteiger partial charge in [0.2, 0.25) is 5.91 Å². The highest BCUT2D eigenvalue weighted by atomic mass is 19.2. The topological polar surface area (TPSA) is 145 Å². The Morgan fingerprint density at radius 2 is 1.59 bits per heavy atom. The number of amides is 2. The molecule has 0 spiro atoms. The average molecular weight is 576 g/mol. The molecule has 0 aliphatic heterocycles. The fraction of sp³-hybridized carbons (Fsp3) is 0.379. The van der Waals surface area contributed by atoms with Gasteiger partial charge in [-0.3, -0.25) is 9.59 Å². The number of nitrogens with zero attached hydrogens (tertiary/aromatic N) is 1. The Hall–Kier alpha value is -3.71. The SMILES string of the molecule is C[N+](CCN)(CCN)CCCC(N)C(=O)NC(COc1ccc2ccccc2c1)C(=O)Nc1ccc(F)c(F)c1F. The third-order valence-corrected chi connectivity index (χ3v) is 6.95. The van der Waals surface area contributed by atoms with Gasteiger partial charge in [-0.05, 0) is 47.9 Å². The highest BCUT2D eigenvalue weighted by molar-refractivity contribution is 5.98. The summed E-state index contributed by atoms with van der Waals surface area (Å²) in [4.78, 5) is 26.1. The molecule has 0 saturated carbocycles. The Kier molecular flexibility index (Phi) is 11.5. The summed E-state index contributed by atoms with van der Waals surface area (Å²) >= 11 is 0. The lowest BCUT2D eigenvalue weighted by Crippen LogP contribution is -2.53. The van der Waals surface area contributed by atoms with Gasteiger partial charge in [-0.1, -0.05) is 30.3 Å². The van der Waals surface area contributed by atoms with E-state index in [2.05, 4.69) is 10.6 Å². The number of nitrogens with two attached hydrogens (primary N) is 3. The molecule has 222 valence electrons. The Labute approximate surface area is 237 Å². The van der Waals surface area contributed by atoms with Crippen molar-refractivity contribution in [3.05, 3.63) is 72.0 Å². The Morgan fingerprint density at radius 3 is 2.27 bits per heavy atom. The van der Waals surface area contributed by atoms with E-state index in [1.54, 1.807) is 12.1 Å². The van der Waals surface area contributed by atoms with E-state index < -0.39 is 47.0 Å². The summed E-state index contributed by atoms with van der Waals surface area (Å²) in [6.07, 6.45) is 0.933. The minimum atomic E-state index is -1.73. The molecule has 3 aromatic rings. The maximum atomic E-state index is 14.2. The van der Waals surface area contributed by atoms with E-state index in [0.29, 0.717) is 48.8 Å². The first-order valence-electron chi connectivity index (χ1n) is 13.4. The molecule has 0 bridgehead atoms.